The molecule has 8 heteroatoms. The average Bonchev–Trinajstić information content (AvgIpc) is 2.86. The van der Waals surface area contributed by atoms with E-state index in [0.29, 0.717) is 6.41 Å². The molecule has 0 atom stereocenters. The van der Waals surface area contributed by atoms with E-state index in [1.807, 2.05) is 26.0 Å². The zero-order chi connectivity index (χ0) is 25.6. The Kier molecular flexibility index (Phi) is 11.0. The van der Waals surface area contributed by atoms with E-state index in [-0.39, 0.29) is 11.4 Å². The first-order valence-electron chi connectivity index (χ1n) is 11.0. The largest absolute Gasteiger partial charge is 0.493 e. The minimum atomic E-state index is -0.550. The zero-order valence-corrected chi connectivity index (χ0v) is 20.4. The van der Waals surface area contributed by atoms with E-state index in [0.717, 1.165) is 30.2 Å². The number of nitrogens with one attached hydrogen (secondary N) is 2. The number of hydrogen-bond donors (Lipinski definition) is 2. The molecule has 0 spiro atoms. The van der Waals surface area contributed by atoms with Gasteiger partial charge in [-0.25, -0.2) is 0 Å². The molecule has 0 aliphatic carbocycles. The number of anilines is 1. The van der Waals surface area contributed by atoms with Crippen LogP contribution in [0.4, 0.5) is 11.4 Å². The van der Waals surface area contributed by atoms with Crippen molar-refractivity contribution in [2.75, 3.05) is 19.5 Å². The summed E-state index contributed by atoms with van der Waals surface area (Å²) in [7, 11) is 3.33. The van der Waals surface area contributed by atoms with Gasteiger partial charge in [0.15, 0.2) is 11.5 Å². The maximum atomic E-state index is 10.3. The molecule has 0 bridgehead atoms. The highest BCUT2D eigenvalue weighted by Gasteiger charge is 2.10. The number of carbonyl (C=O) groups excluding carboxylic acids is 1. The predicted octanol–water partition coefficient (Wildman–Crippen LogP) is 5.50. The third-order valence-electron chi connectivity index (χ3n) is 5.04. The van der Waals surface area contributed by atoms with Gasteiger partial charge in [-0.3, -0.25) is 14.9 Å². The molecular weight excluding hydrogens is 446 g/mol. The molecule has 0 aliphatic heterocycles. The second kappa shape index (κ2) is 14.2. The SMILES string of the molecule is C/C=C/c1ccc(CNCc2cc(C)c(OC)c(OC)c2)cc1.O=CNc1ccccc1[N+](=O)[O-]. The lowest BCUT2D eigenvalue weighted by atomic mass is 10.1. The van der Waals surface area contributed by atoms with Crippen molar-refractivity contribution in [1.29, 1.82) is 0 Å². The molecule has 3 aromatic carbocycles. The maximum absolute atomic E-state index is 10.3. The van der Waals surface area contributed by atoms with Gasteiger partial charge in [-0.15, -0.1) is 0 Å². The van der Waals surface area contributed by atoms with Crippen LogP contribution in [0.2, 0.25) is 0 Å². The van der Waals surface area contributed by atoms with E-state index >= 15 is 0 Å². The number of aryl methyl sites for hydroxylation is 1. The highest BCUT2D eigenvalue weighted by molar-refractivity contribution is 5.77. The molecule has 8 nitrogen and oxygen atoms in total. The molecule has 3 aromatic rings. The van der Waals surface area contributed by atoms with Gasteiger partial charge >= 0.3 is 0 Å². The Morgan fingerprint density at radius 3 is 2.26 bits per heavy atom. The van der Waals surface area contributed by atoms with Gasteiger partial charge in [0, 0.05) is 19.2 Å². The molecule has 35 heavy (non-hydrogen) atoms. The quantitative estimate of drug-likeness (QED) is 0.227. The van der Waals surface area contributed by atoms with Gasteiger partial charge in [-0.05, 0) is 48.2 Å². The Morgan fingerprint density at radius 1 is 0.971 bits per heavy atom. The lowest BCUT2D eigenvalue weighted by Crippen LogP contribution is -2.13. The van der Waals surface area contributed by atoms with Crippen molar-refractivity contribution in [2.24, 2.45) is 0 Å². The second-order valence-electron chi connectivity index (χ2n) is 7.53. The maximum Gasteiger partial charge on any atom is 0.292 e. The summed E-state index contributed by atoms with van der Waals surface area (Å²) >= 11 is 0. The fourth-order valence-electron chi connectivity index (χ4n) is 3.44. The minimum Gasteiger partial charge on any atom is -0.493 e. The number of nitro benzene ring substituents is 1. The lowest BCUT2D eigenvalue weighted by Gasteiger charge is -2.13. The Hall–Kier alpha value is -4.17. The van der Waals surface area contributed by atoms with Gasteiger partial charge in [-0.2, -0.15) is 0 Å². The van der Waals surface area contributed by atoms with Crippen molar-refractivity contribution < 1.29 is 19.2 Å². The molecular formula is C27H31N3O5. The van der Waals surface area contributed by atoms with Crippen molar-refractivity contribution in [3.8, 4) is 11.5 Å². The van der Waals surface area contributed by atoms with Gasteiger partial charge in [0.1, 0.15) is 5.69 Å². The molecule has 0 heterocycles. The number of benzene rings is 3. The van der Waals surface area contributed by atoms with Crippen LogP contribution in [0.25, 0.3) is 6.08 Å². The van der Waals surface area contributed by atoms with Crippen molar-refractivity contribution in [3.63, 3.8) is 0 Å². The molecule has 0 unspecified atom stereocenters. The Balaban J connectivity index is 0.000000303. The van der Waals surface area contributed by atoms with Crippen LogP contribution in [-0.4, -0.2) is 25.6 Å². The van der Waals surface area contributed by atoms with Crippen LogP contribution in [0, 0.1) is 17.0 Å². The first-order chi connectivity index (χ1) is 16.9. The highest BCUT2D eigenvalue weighted by Crippen LogP contribution is 2.32. The van der Waals surface area contributed by atoms with Crippen LogP contribution in [-0.2, 0) is 17.9 Å². The number of allylic oxidation sites excluding steroid dienone is 1. The number of amides is 1. The van der Waals surface area contributed by atoms with E-state index in [9.17, 15) is 14.9 Å². The summed E-state index contributed by atoms with van der Waals surface area (Å²) in [6.07, 6.45) is 4.55. The van der Waals surface area contributed by atoms with Crippen molar-refractivity contribution in [3.05, 3.63) is 99.1 Å². The van der Waals surface area contributed by atoms with Gasteiger partial charge in [0.25, 0.3) is 5.69 Å². The smallest absolute Gasteiger partial charge is 0.292 e. The Labute approximate surface area is 205 Å². The van der Waals surface area contributed by atoms with Gasteiger partial charge in [0.2, 0.25) is 6.41 Å². The topological polar surface area (TPSA) is 103 Å². The molecule has 0 aromatic heterocycles. The monoisotopic (exact) mass is 477 g/mol. The molecule has 3 rings (SSSR count). The van der Waals surface area contributed by atoms with Crippen LogP contribution in [0.3, 0.4) is 0 Å². The summed E-state index contributed by atoms with van der Waals surface area (Å²) in [5.74, 6) is 1.58. The molecule has 0 saturated carbocycles. The van der Waals surface area contributed by atoms with Crippen molar-refractivity contribution in [2.45, 2.75) is 26.9 Å². The zero-order valence-electron chi connectivity index (χ0n) is 20.4. The molecule has 0 radical (unpaired) electrons. The van der Waals surface area contributed by atoms with Crippen LogP contribution in [0.15, 0.2) is 66.7 Å². The molecule has 184 valence electrons. The second-order valence-corrected chi connectivity index (χ2v) is 7.53. The number of nitro groups is 1. The molecule has 0 fully saturated rings. The summed E-state index contributed by atoms with van der Waals surface area (Å²) in [6, 6.07) is 18.7. The van der Waals surface area contributed by atoms with E-state index in [1.165, 1.54) is 34.9 Å². The normalized spacial score (nSPS) is 10.3. The molecule has 0 aliphatic rings. The van der Waals surface area contributed by atoms with Gasteiger partial charge in [0.05, 0.1) is 19.1 Å². The average molecular weight is 478 g/mol. The number of rotatable bonds is 10. The van der Waals surface area contributed by atoms with Crippen LogP contribution < -0.4 is 20.1 Å². The predicted molar refractivity (Wildman–Crippen MR) is 139 cm³/mol. The number of ether oxygens (including phenoxy) is 2. The molecule has 2 N–H and O–H groups in total. The summed E-state index contributed by atoms with van der Waals surface area (Å²) in [5, 5.41) is 16.1. The number of hydrogen-bond acceptors (Lipinski definition) is 6. The van der Waals surface area contributed by atoms with Crippen LogP contribution >= 0.6 is 0 Å². The third kappa shape index (κ3) is 8.28. The van der Waals surface area contributed by atoms with E-state index in [1.54, 1.807) is 20.3 Å². The van der Waals surface area contributed by atoms with Crippen LogP contribution in [0.1, 0.15) is 29.2 Å². The summed E-state index contributed by atoms with van der Waals surface area (Å²) in [6.45, 7) is 5.69. The first kappa shape index (κ1) is 27.1. The number of carbonyl (C=O) groups is 1. The lowest BCUT2D eigenvalue weighted by molar-refractivity contribution is -0.383. The number of methoxy groups -OCH3 is 2. The van der Waals surface area contributed by atoms with Gasteiger partial charge < -0.3 is 20.1 Å². The molecule has 0 saturated heterocycles. The fourth-order valence-corrected chi connectivity index (χ4v) is 3.44. The standard InChI is InChI=1S/C20H25NO2.C7H6N2O3/c1-5-6-16-7-9-17(10-8-16)13-21-14-18-11-15(2)20(23-4)19(12-18)22-3;10-5-8-6-3-1-2-4-7(6)9(11)12/h5-12,21H,13-14H2,1-4H3;1-5H,(H,8,10)/b6-5+;. The van der Waals surface area contributed by atoms with Gasteiger partial charge in [-0.1, -0.05) is 54.6 Å². The fraction of sp³-hybridized carbons (Fsp3) is 0.222. The van der Waals surface area contributed by atoms with Crippen molar-refractivity contribution >= 4 is 23.9 Å². The summed E-state index contributed by atoms with van der Waals surface area (Å²) < 4.78 is 10.8. The van der Waals surface area contributed by atoms with Crippen LogP contribution in [0.5, 0.6) is 11.5 Å². The van der Waals surface area contributed by atoms with E-state index in [4.69, 9.17) is 9.47 Å². The summed E-state index contributed by atoms with van der Waals surface area (Å²) in [4.78, 5) is 19.8. The minimum absolute atomic E-state index is 0.107. The number of nitrogens with zero attached hydrogens (tertiary/aromatic N) is 1. The van der Waals surface area contributed by atoms with E-state index < -0.39 is 4.92 Å². The molecule has 1 amide bonds. The van der Waals surface area contributed by atoms with E-state index in [2.05, 4.69) is 47.0 Å². The summed E-state index contributed by atoms with van der Waals surface area (Å²) in [5.41, 5.74) is 4.87. The number of para-hydroxylation sites is 2. The van der Waals surface area contributed by atoms with Crippen molar-refractivity contribution in [1.82, 2.24) is 5.32 Å². The third-order valence-corrected chi connectivity index (χ3v) is 5.04. The highest BCUT2D eigenvalue weighted by atomic mass is 16.6. The Bertz CT molecular complexity index is 1140. The first-order valence-corrected chi connectivity index (χ1v) is 11.0. The Morgan fingerprint density at radius 2 is 1.66 bits per heavy atom.